The number of aliphatic hydroxyl groups is 1. The van der Waals surface area contributed by atoms with Gasteiger partial charge in [-0.1, -0.05) is 31.0 Å². The van der Waals surface area contributed by atoms with Gasteiger partial charge in [-0.05, 0) is 124 Å². The summed E-state index contributed by atoms with van der Waals surface area (Å²) in [5, 5.41) is 12.2. The molecule has 0 unspecified atom stereocenters. The van der Waals surface area contributed by atoms with Gasteiger partial charge in [0, 0.05) is 48.4 Å². The van der Waals surface area contributed by atoms with Crippen LogP contribution in [0.3, 0.4) is 0 Å². The molecule has 10 nitrogen and oxygen atoms in total. The van der Waals surface area contributed by atoms with E-state index < -0.39 is 41.9 Å². The standard InChI is InChI=1S/C38H52ClN3O7S2/c1-25-6-4-16-38(44,23-41-17-14-31(21-41)50(3,45)46)33-11-8-29(33)20-42-22-37(15-5-7-27-18-30(39)10-12-32(27)37)24-49-35-13-9-28(19-34(35)42)36(43)40-51(47,48)26(25)2/h9-10,12-13,18-19,25-26,29,31,33,44H,4-8,11,14-17,20-24H2,1-3H3,(H,40,43)/t25-,26+,29-,31+,33+,37-,38-/m0/s1. The zero-order chi connectivity index (χ0) is 36.3. The van der Waals surface area contributed by atoms with Crippen LogP contribution < -0.4 is 14.4 Å². The molecular weight excluding hydrogens is 710 g/mol. The fraction of sp³-hybridized carbons (Fsp3) is 0.658. The number of fused-ring (bicyclic) bond motifs is 4. The van der Waals surface area contributed by atoms with E-state index in [4.69, 9.17) is 16.3 Å². The molecule has 2 fully saturated rings. The molecule has 51 heavy (non-hydrogen) atoms. The van der Waals surface area contributed by atoms with Crippen LogP contribution in [0.4, 0.5) is 5.69 Å². The summed E-state index contributed by atoms with van der Waals surface area (Å²) in [7, 11) is -7.19. The minimum atomic E-state index is -4.00. The highest BCUT2D eigenvalue weighted by Crippen LogP contribution is 2.49. The Morgan fingerprint density at radius 1 is 1.04 bits per heavy atom. The Morgan fingerprint density at radius 2 is 1.84 bits per heavy atom. The average Bonchev–Trinajstić information content (AvgIpc) is 3.47. The molecule has 1 saturated carbocycles. The first kappa shape index (κ1) is 37.0. The van der Waals surface area contributed by atoms with Gasteiger partial charge in [-0.15, -0.1) is 0 Å². The van der Waals surface area contributed by atoms with Crippen molar-refractivity contribution in [2.45, 2.75) is 93.2 Å². The van der Waals surface area contributed by atoms with E-state index in [9.17, 15) is 26.7 Å². The number of rotatable bonds is 3. The number of carbonyl (C=O) groups is 1. The van der Waals surface area contributed by atoms with Crippen molar-refractivity contribution in [2.24, 2.45) is 17.8 Å². The normalized spacial score (nSPS) is 34.4. The minimum Gasteiger partial charge on any atom is -0.490 e. The molecule has 13 heteroatoms. The Labute approximate surface area is 308 Å². The van der Waals surface area contributed by atoms with Crippen molar-refractivity contribution in [3.63, 3.8) is 0 Å². The van der Waals surface area contributed by atoms with Gasteiger partial charge in [0.05, 0.1) is 28.4 Å². The highest BCUT2D eigenvalue weighted by Gasteiger charge is 2.50. The molecule has 2 aromatic rings. The van der Waals surface area contributed by atoms with E-state index in [1.807, 2.05) is 13.0 Å². The zero-order valence-electron chi connectivity index (χ0n) is 29.9. The molecule has 1 saturated heterocycles. The Balaban J connectivity index is 1.28. The Kier molecular flexibility index (Phi) is 10.00. The maximum absolute atomic E-state index is 13.6. The second kappa shape index (κ2) is 13.8. The molecule has 1 amide bonds. The summed E-state index contributed by atoms with van der Waals surface area (Å²) in [4.78, 5) is 18.0. The van der Waals surface area contributed by atoms with Gasteiger partial charge in [0.15, 0.2) is 9.84 Å². The number of amides is 1. The van der Waals surface area contributed by atoms with Crippen LogP contribution in [0.1, 0.15) is 86.7 Å². The number of sulfonamides is 1. The summed E-state index contributed by atoms with van der Waals surface area (Å²) in [6, 6.07) is 11.3. The number of nitrogens with zero attached hydrogens (tertiary/aromatic N) is 2. The predicted octanol–water partition coefficient (Wildman–Crippen LogP) is 4.96. The van der Waals surface area contributed by atoms with Crippen molar-refractivity contribution >= 4 is 43.1 Å². The maximum Gasteiger partial charge on any atom is 0.264 e. The van der Waals surface area contributed by atoms with Crippen LogP contribution in [0.25, 0.3) is 0 Å². The molecule has 0 radical (unpaired) electrons. The lowest BCUT2D eigenvalue weighted by Crippen LogP contribution is -2.56. The molecule has 5 aliphatic rings. The molecule has 2 N–H and O–H groups in total. The van der Waals surface area contributed by atoms with Crippen molar-refractivity contribution < 1.29 is 31.5 Å². The van der Waals surface area contributed by atoms with Crippen LogP contribution >= 0.6 is 11.6 Å². The highest BCUT2D eigenvalue weighted by atomic mass is 35.5. The summed E-state index contributed by atoms with van der Waals surface area (Å²) in [6.45, 7) is 6.66. The quantitative estimate of drug-likeness (QED) is 0.446. The number of hydrogen-bond acceptors (Lipinski definition) is 9. The third-order valence-corrected chi connectivity index (χ3v) is 16.7. The lowest BCUT2D eigenvalue weighted by atomic mass is 9.62. The van der Waals surface area contributed by atoms with Crippen molar-refractivity contribution in [2.75, 3.05) is 50.5 Å². The van der Waals surface area contributed by atoms with E-state index in [0.717, 1.165) is 37.8 Å². The van der Waals surface area contributed by atoms with Crippen molar-refractivity contribution in [1.29, 1.82) is 0 Å². The molecule has 2 aromatic carbocycles. The first-order valence-electron chi connectivity index (χ1n) is 18.6. The Hall–Kier alpha value is -2.38. The molecule has 2 aliphatic carbocycles. The molecular formula is C38H52ClN3O7S2. The van der Waals surface area contributed by atoms with Gasteiger partial charge < -0.3 is 14.7 Å². The van der Waals surface area contributed by atoms with Crippen molar-refractivity contribution in [3.8, 4) is 5.75 Å². The third-order valence-electron chi connectivity index (χ3n) is 13.0. The van der Waals surface area contributed by atoms with Crippen LogP contribution in [0.2, 0.25) is 5.02 Å². The lowest BCUT2D eigenvalue weighted by Gasteiger charge is -2.51. The Bertz CT molecular complexity index is 1890. The topological polar surface area (TPSA) is 133 Å². The second-order valence-corrected chi connectivity index (χ2v) is 21.2. The number of aryl methyl sites for hydroxylation is 1. The van der Waals surface area contributed by atoms with Gasteiger partial charge in [-0.25, -0.2) is 21.6 Å². The molecule has 0 aromatic heterocycles. The van der Waals surface area contributed by atoms with Crippen LogP contribution in [0.5, 0.6) is 5.75 Å². The molecule has 1 spiro atoms. The van der Waals surface area contributed by atoms with E-state index in [0.29, 0.717) is 75.8 Å². The number of anilines is 1. The van der Waals surface area contributed by atoms with E-state index in [2.05, 4.69) is 26.7 Å². The number of β-amino-alcohol motifs (C(OH)–C–C–N with tert-alkyl or cyclic N) is 1. The monoisotopic (exact) mass is 761 g/mol. The number of sulfone groups is 1. The van der Waals surface area contributed by atoms with Gasteiger partial charge in [-0.2, -0.15) is 0 Å². The van der Waals surface area contributed by atoms with Gasteiger partial charge in [-0.3, -0.25) is 9.69 Å². The van der Waals surface area contributed by atoms with Gasteiger partial charge in [0.1, 0.15) is 5.75 Å². The van der Waals surface area contributed by atoms with Gasteiger partial charge in [0.2, 0.25) is 10.0 Å². The summed E-state index contributed by atoms with van der Waals surface area (Å²) >= 11 is 6.45. The molecule has 7 rings (SSSR count). The second-order valence-electron chi connectivity index (χ2n) is 16.4. The number of nitrogens with one attached hydrogen (secondary N) is 1. The van der Waals surface area contributed by atoms with Crippen LogP contribution in [-0.2, 0) is 31.7 Å². The summed E-state index contributed by atoms with van der Waals surface area (Å²) < 4.78 is 60.8. The summed E-state index contributed by atoms with van der Waals surface area (Å²) in [6.07, 6.45) is 8.16. The number of ether oxygens (including phenoxy) is 1. The first-order chi connectivity index (χ1) is 24.1. The molecule has 3 aliphatic heterocycles. The molecule has 3 heterocycles. The average molecular weight is 762 g/mol. The van der Waals surface area contributed by atoms with Gasteiger partial charge >= 0.3 is 0 Å². The first-order valence-corrected chi connectivity index (χ1v) is 22.5. The highest BCUT2D eigenvalue weighted by molar-refractivity contribution is 7.91. The molecule has 280 valence electrons. The lowest BCUT2D eigenvalue weighted by molar-refractivity contribution is -0.103. The fourth-order valence-electron chi connectivity index (χ4n) is 9.64. The molecule has 2 bridgehead atoms. The van der Waals surface area contributed by atoms with Crippen LogP contribution in [0.15, 0.2) is 36.4 Å². The zero-order valence-corrected chi connectivity index (χ0v) is 32.3. The largest absolute Gasteiger partial charge is 0.490 e. The van der Waals surface area contributed by atoms with Crippen molar-refractivity contribution in [3.05, 3.63) is 58.1 Å². The van der Waals surface area contributed by atoms with E-state index in [1.54, 1.807) is 25.1 Å². The minimum absolute atomic E-state index is 0.0216. The Morgan fingerprint density at radius 3 is 2.57 bits per heavy atom. The number of likely N-dealkylation sites (tertiary alicyclic amines) is 1. The number of hydrogen-bond donors (Lipinski definition) is 2. The maximum atomic E-state index is 13.6. The number of halogens is 1. The van der Waals surface area contributed by atoms with Crippen molar-refractivity contribution in [1.82, 2.24) is 9.62 Å². The predicted molar refractivity (Wildman–Crippen MR) is 200 cm³/mol. The van der Waals surface area contributed by atoms with E-state index in [-0.39, 0.29) is 28.7 Å². The number of benzene rings is 2. The summed E-state index contributed by atoms with van der Waals surface area (Å²) in [5.74, 6) is -0.139. The summed E-state index contributed by atoms with van der Waals surface area (Å²) in [5.41, 5.74) is 2.04. The van der Waals surface area contributed by atoms with E-state index >= 15 is 0 Å². The van der Waals surface area contributed by atoms with Gasteiger partial charge in [0.25, 0.3) is 5.91 Å². The van der Waals surface area contributed by atoms with E-state index in [1.165, 1.54) is 17.4 Å². The SMILES string of the molecule is C[C@@H]1[C@@H](C)CCC[C@](O)(CN2CC[C@@H](S(C)(=O)=O)C2)[C@@H]2CC[C@H]2CN2C[C@@]3(CCCc4cc(Cl)ccc43)COc3ccc(cc32)C(=O)NS1(=O)=O. The number of carbonyl (C=O) groups excluding carboxylic acids is 1. The fourth-order valence-corrected chi connectivity index (χ4v) is 12.2. The van der Waals surface area contributed by atoms with Crippen LogP contribution in [0, 0.1) is 17.8 Å². The smallest absolute Gasteiger partial charge is 0.264 e. The third kappa shape index (κ3) is 7.29. The van der Waals surface area contributed by atoms with Crippen LogP contribution in [-0.4, -0.2) is 94.4 Å². The molecule has 7 atom stereocenters.